The number of hydrogen-bond donors (Lipinski definition) is 3. The number of guanidine groups is 1. The van der Waals surface area contributed by atoms with Crippen LogP contribution in [0.15, 0.2) is 51.9 Å². The Hall–Kier alpha value is -2.07. The molecule has 1 amide bonds. The summed E-state index contributed by atoms with van der Waals surface area (Å²) in [5, 5.41) is 6.46. The number of furan rings is 1. The van der Waals surface area contributed by atoms with Crippen LogP contribution in [0.4, 0.5) is 0 Å². The molecule has 1 unspecified atom stereocenters. The molecule has 8 heteroatoms. The van der Waals surface area contributed by atoms with Crippen LogP contribution in [0.3, 0.4) is 0 Å². The molecule has 0 fully saturated rings. The van der Waals surface area contributed by atoms with Crippen LogP contribution in [0.5, 0.6) is 0 Å². The van der Waals surface area contributed by atoms with Crippen molar-refractivity contribution in [1.82, 2.24) is 15.5 Å². The van der Waals surface area contributed by atoms with Gasteiger partial charge in [0, 0.05) is 26.2 Å². The number of amides is 1. The summed E-state index contributed by atoms with van der Waals surface area (Å²) in [6.45, 7) is 4.37. The molecular weight excluding hydrogens is 469 g/mol. The van der Waals surface area contributed by atoms with Crippen molar-refractivity contribution in [2.45, 2.75) is 32.5 Å². The van der Waals surface area contributed by atoms with Gasteiger partial charge in [0.05, 0.1) is 6.54 Å². The summed E-state index contributed by atoms with van der Waals surface area (Å²) in [5.41, 5.74) is 6.49. The van der Waals surface area contributed by atoms with E-state index in [1.165, 1.54) is 5.56 Å². The summed E-state index contributed by atoms with van der Waals surface area (Å²) in [6, 6.07) is 14.2. The number of nitrogens with two attached hydrogens (primary N) is 1. The zero-order valence-corrected chi connectivity index (χ0v) is 19.0. The number of rotatable bonds is 9. The van der Waals surface area contributed by atoms with Gasteiger partial charge in [-0.1, -0.05) is 30.3 Å². The molecule has 0 saturated heterocycles. The van der Waals surface area contributed by atoms with E-state index in [1.807, 2.05) is 6.07 Å². The summed E-state index contributed by atoms with van der Waals surface area (Å²) in [7, 11) is 3.86. The van der Waals surface area contributed by atoms with Crippen LogP contribution < -0.4 is 16.4 Å². The largest absolute Gasteiger partial charge is 0.454 e. The number of carbonyl (C=O) groups excluding carboxylic acids is 1. The highest BCUT2D eigenvalue weighted by molar-refractivity contribution is 14.0. The van der Waals surface area contributed by atoms with Gasteiger partial charge >= 0.3 is 0 Å². The zero-order valence-electron chi connectivity index (χ0n) is 16.6. The van der Waals surface area contributed by atoms with Gasteiger partial charge in [0.2, 0.25) is 0 Å². The van der Waals surface area contributed by atoms with Crippen LogP contribution in [-0.4, -0.2) is 43.4 Å². The third kappa shape index (κ3) is 7.89. The summed E-state index contributed by atoms with van der Waals surface area (Å²) < 4.78 is 5.34. The second-order valence-electron chi connectivity index (χ2n) is 6.52. The van der Waals surface area contributed by atoms with Crippen LogP contribution in [0, 0.1) is 0 Å². The molecule has 0 spiro atoms. The molecule has 1 aromatic carbocycles. The van der Waals surface area contributed by atoms with E-state index in [0.29, 0.717) is 24.3 Å². The number of nitrogens with zero attached hydrogens (tertiary/aromatic N) is 2. The van der Waals surface area contributed by atoms with E-state index >= 15 is 0 Å². The van der Waals surface area contributed by atoms with Gasteiger partial charge in [-0.3, -0.25) is 14.7 Å². The van der Waals surface area contributed by atoms with Gasteiger partial charge in [-0.15, -0.1) is 24.0 Å². The van der Waals surface area contributed by atoms with Crippen molar-refractivity contribution < 1.29 is 9.21 Å². The molecule has 2 rings (SSSR count). The molecule has 0 saturated carbocycles. The monoisotopic (exact) mass is 499 g/mol. The molecule has 1 heterocycles. The van der Waals surface area contributed by atoms with Gasteiger partial charge in [-0.2, -0.15) is 0 Å². The number of aliphatic imine (C=N–C) groups is 1. The third-order valence-corrected chi connectivity index (χ3v) is 4.44. The Morgan fingerprint density at radius 1 is 1.21 bits per heavy atom. The molecule has 7 nitrogen and oxygen atoms in total. The lowest BCUT2D eigenvalue weighted by Crippen LogP contribution is -2.39. The van der Waals surface area contributed by atoms with E-state index in [4.69, 9.17) is 10.2 Å². The van der Waals surface area contributed by atoms with Crippen molar-refractivity contribution in [1.29, 1.82) is 0 Å². The molecule has 154 valence electrons. The quantitative estimate of drug-likeness (QED) is 0.280. The highest BCUT2D eigenvalue weighted by Gasteiger charge is 2.10. The fourth-order valence-corrected chi connectivity index (χ4v) is 2.64. The van der Waals surface area contributed by atoms with E-state index in [-0.39, 0.29) is 29.7 Å². The van der Waals surface area contributed by atoms with Crippen molar-refractivity contribution in [2.75, 3.05) is 20.6 Å². The minimum Gasteiger partial charge on any atom is -0.454 e. The minimum atomic E-state index is -0.572. The first-order chi connectivity index (χ1) is 13.0. The first-order valence-corrected chi connectivity index (χ1v) is 9.06. The molecule has 4 N–H and O–H groups in total. The molecule has 1 atom stereocenters. The van der Waals surface area contributed by atoms with Gasteiger partial charge < -0.3 is 20.8 Å². The number of carbonyl (C=O) groups is 1. The highest BCUT2D eigenvalue weighted by atomic mass is 127. The Kier molecular flexibility index (Phi) is 10.6. The molecule has 0 radical (unpaired) electrons. The van der Waals surface area contributed by atoms with Gasteiger partial charge in [-0.25, -0.2) is 0 Å². The van der Waals surface area contributed by atoms with E-state index < -0.39 is 5.91 Å². The maximum Gasteiger partial charge on any atom is 0.284 e. The van der Waals surface area contributed by atoms with Gasteiger partial charge in [0.25, 0.3) is 5.91 Å². The first kappa shape index (κ1) is 24.0. The van der Waals surface area contributed by atoms with Crippen LogP contribution in [0.1, 0.15) is 35.2 Å². The highest BCUT2D eigenvalue weighted by Crippen LogP contribution is 2.08. The maximum absolute atomic E-state index is 11.1. The molecule has 2 aromatic rings. The lowest BCUT2D eigenvalue weighted by atomic mass is 10.1. The Morgan fingerprint density at radius 2 is 1.93 bits per heavy atom. The van der Waals surface area contributed by atoms with Crippen LogP contribution in [0.2, 0.25) is 0 Å². The smallest absolute Gasteiger partial charge is 0.284 e. The van der Waals surface area contributed by atoms with Crippen LogP contribution in [-0.2, 0) is 13.1 Å². The molecule has 0 aliphatic heterocycles. The minimum absolute atomic E-state index is 0. The topological polar surface area (TPSA) is 95.9 Å². The average Bonchev–Trinajstić information content (AvgIpc) is 3.14. The van der Waals surface area contributed by atoms with E-state index in [1.54, 1.807) is 19.2 Å². The van der Waals surface area contributed by atoms with Crippen LogP contribution >= 0.6 is 24.0 Å². The Morgan fingerprint density at radius 3 is 2.54 bits per heavy atom. The molecule has 0 aliphatic rings. The van der Waals surface area contributed by atoms with Crippen molar-refractivity contribution in [3.8, 4) is 0 Å². The average molecular weight is 499 g/mol. The van der Waals surface area contributed by atoms with Gasteiger partial charge in [0.15, 0.2) is 11.7 Å². The van der Waals surface area contributed by atoms with E-state index in [9.17, 15) is 4.79 Å². The molecule has 28 heavy (non-hydrogen) atoms. The lowest BCUT2D eigenvalue weighted by molar-refractivity contribution is 0.0972. The zero-order chi connectivity index (χ0) is 19.6. The second kappa shape index (κ2) is 12.4. The van der Waals surface area contributed by atoms with E-state index in [0.717, 1.165) is 19.5 Å². The number of nitrogens with one attached hydrogen (secondary N) is 2. The predicted molar refractivity (Wildman–Crippen MR) is 123 cm³/mol. The summed E-state index contributed by atoms with van der Waals surface area (Å²) in [4.78, 5) is 17.6. The van der Waals surface area contributed by atoms with Crippen molar-refractivity contribution in [3.63, 3.8) is 0 Å². The van der Waals surface area contributed by atoms with Gasteiger partial charge in [0.1, 0.15) is 5.76 Å². The predicted octanol–water partition coefficient (Wildman–Crippen LogP) is 2.57. The Balaban J connectivity index is 0.00000392. The summed E-state index contributed by atoms with van der Waals surface area (Å²) >= 11 is 0. The summed E-state index contributed by atoms with van der Waals surface area (Å²) in [5.74, 6) is 0.898. The maximum atomic E-state index is 11.1. The van der Waals surface area contributed by atoms with Crippen LogP contribution in [0.25, 0.3) is 0 Å². The standard InChI is InChI=1S/C20H29N5O2.HI/c1-15(25(3)14-16-7-5-4-6-8-16)11-12-23-20(22-2)24-13-17-9-10-18(27-17)19(21)26;/h4-10,15H,11-14H2,1-3H3,(H2,21,26)(H2,22,23,24);1H. The normalized spacial score (nSPS) is 12.4. The van der Waals surface area contributed by atoms with Gasteiger partial charge in [-0.05, 0) is 38.1 Å². The fourth-order valence-electron chi connectivity index (χ4n) is 2.64. The Labute approximate surface area is 183 Å². The fraction of sp³-hybridized carbons (Fsp3) is 0.400. The molecule has 1 aromatic heterocycles. The Bertz CT molecular complexity index is 748. The third-order valence-electron chi connectivity index (χ3n) is 4.44. The SMILES string of the molecule is CN=C(NCCC(C)N(C)Cc1ccccc1)NCc1ccc(C(N)=O)o1.I. The van der Waals surface area contributed by atoms with Crippen molar-refractivity contribution >= 4 is 35.8 Å². The second-order valence-corrected chi connectivity index (χ2v) is 6.52. The first-order valence-electron chi connectivity index (χ1n) is 9.06. The van der Waals surface area contributed by atoms with Crippen molar-refractivity contribution in [3.05, 3.63) is 59.5 Å². The lowest BCUT2D eigenvalue weighted by Gasteiger charge is -2.25. The van der Waals surface area contributed by atoms with E-state index in [2.05, 4.69) is 58.8 Å². The van der Waals surface area contributed by atoms with Crippen molar-refractivity contribution in [2.24, 2.45) is 10.7 Å². The number of primary amides is 1. The number of benzene rings is 1. The molecule has 0 aliphatic carbocycles. The number of halogens is 1. The number of hydrogen-bond acceptors (Lipinski definition) is 4. The summed E-state index contributed by atoms with van der Waals surface area (Å²) in [6.07, 6.45) is 0.983. The molecular formula is C20H30IN5O2. The molecule has 0 bridgehead atoms.